The van der Waals surface area contributed by atoms with Crippen molar-refractivity contribution >= 4 is 32.8 Å². The molecule has 1 atom stereocenters. The van der Waals surface area contributed by atoms with Gasteiger partial charge in [-0.05, 0) is 6.92 Å². The van der Waals surface area contributed by atoms with Crippen LogP contribution in [0.5, 0.6) is 0 Å². The van der Waals surface area contributed by atoms with E-state index in [1.165, 1.54) is 27.4 Å². The van der Waals surface area contributed by atoms with Gasteiger partial charge in [0, 0.05) is 17.4 Å². The van der Waals surface area contributed by atoms with Crippen LogP contribution in [-0.4, -0.2) is 53.2 Å². The van der Waals surface area contributed by atoms with Crippen LogP contribution in [-0.2, 0) is 33.8 Å². The van der Waals surface area contributed by atoms with Crippen LogP contribution >= 0.6 is 0 Å². The van der Waals surface area contributed by atoms with Gasteiger partial charge in [-0.2, -0.15) is 0 Å². The molecule has 10 heteroatoms. The molecule has 1 rings (SSSR count). The molecule has 1 unspecified atom stereocenters. The lowest BCUT2D eigenvalue weighted by Gasteiger charge is -2.16. The van der Waals surface area contributed by atoms with E-state index in [9.17, 15) is 13.2 Å². The molecule has 0 bridgehead atoms. The minimum Gasteiger partial charge on any atom is -0.496 e. The zero-order valence-corrected chi connectivity index (χ0v) is 16.5. The van der Waals surface area contributed by atoms with E-state index in [4.69, 9.17) is 9.57 Å². The Hall–Kier alpha value is -2.88. The molecule has 9 nitrogen and oxygen atoms in total. The normalized spacial score (nSPS) is 14.0. The van der Waals surface area contributed by atoms with Gasteiger partial charge in [0.25, 0.3) is 0 Å². The average Bonchev–Trinajstić information content (AvgIpc) is 2.64. The van der Waals surface area contributed by atoms with Crippen molar-refractivity contribution in [1.29, 1.82) is 0 Å². The number of nitrogens with zero attached hydrogens (tertiary/aromatic N) is 2. The smallest absolute Gasteiger partial charge is 0.334 e. The van der Waals surface area contributed by atoms with E-state index in [2.05, 4.69) is 19.9 Å². The third kappa shape index (κ3) is 6.74. The summed E-state index contributed by atoms with van der Waals surface area (Å²) in [4.78, 5) is 21.3. The molecule has 1 aromatic carbocycles. The number of hydrogen-bond acceptors (Lipinski definition) is 9. The number of ether oxygens (including phenoxy) is 2. The van der Waals surface area contributed by atoms with Crippen LogP contribution in [0, 0.1) is 0 Å². The van der Waals surface area contributed by atoms with E-state index in [0.717, 1.165) is 12.5 Å². The SMILES string of the molecule is CON=C(C=NOC(C)c1ccccc1C(=CC(=O)OC)OC)S(C)(=O)=O. The van der Waals surface area contributed by atoms with Gasteiger partial charge in [0.1, 0.15) is 19.1 Å². The monoisotopic (exact) mass is 398 g/mol. The number of sulfone groups is 1. The molecule has 0 heterocycles. The predicted octanol–water partition coefficient (Wildman–Crippen LogP) is 1.91. The third-order valence-electron chi connectivity index (χ3n) is 3.28. The van der Waals surface area contributed by atoms with Crippen molar-refractivity contribution in [1.82, 2.24) is 0 Å². The Morgan fingerprint density at radius 3 is 2.37 bits per heavy atom. The van der Waals surface area contributed by atoms with Gasteiger partial charge in [-0.1, -0.05) is 34.6 Å². The molecule has 0 aliphatic rings. The number of carbonyl (C=O) groups is 1. The second-order valence-electron chi connectivity index (χ2n) is 5.19. The zero-order chi connectivity index (χ0) is 20.4. The Morgan fingerprint density at radius 2 is 1.81 bits per heavy atom. The standard InChI is InChI=1S/C17H22N2O7S/c1-12(26-18-11-16(19-25-4)27(5,21)22)13-8-6-7-9-14(13)15(23-2)10-17(20)24-3/h6-12H,1-5H3. The van der Waals surface area contributed by atoms with Crippen molar-refractivity contribution in [2.24, 2.45) is 10.3 Å². The summed E-state index contributed by atoms with van der Waals surface area (Å²) in [6, 6.07) is 7.06. The molecule has 0 aliphatic carbocycles. The lowest BCUT2D eigenvalue weighted by molar-refractivity contribution is -0.134. The largest absolute Gasteiger partial charge is 0.496 e. The fourth-order valence-corrected chi connectivity index (χ4v) is 2.43. The van der Waals surface area contributed by atoms with E-state index < -0.39 is 21.9 Å². The first-order valence-corrected chi connectivity index (χ1v) is 9.57. The van der Waals surface area contributed by atoms with Crippen LogP contribution in [0.4, 0.5) is 0 Å². The van der Waals surface area contributed by atoms with Gasteiger partial charge in [0.05, 0.1) is 20.3 Å². The molecule has 0 fully saturated rings. The van der Waals surface area contributed by atoms with E-state index >= 15 is 0 Å². The van der Waals surface area contributed by atoms with Gasteiger partial charge in [-0.15, -0.1) is 0 Å². The maximum atomic E-state index is 11.6. The first kappa shape index (κ1) is 22.2. The lowest BCUT2D eigenvalue weighted by Crippen LogP contribution is -2.15. The van der Waals surface area contributed by atoms with Crippen molar-refractivity contribution in [3.8, 4) is 0 Å². The molecule has 0 saturated heterocycles. The number of carbonyl (C=O) groups excluding carboxylic acids is 1. The minimum absolute atomic E-state index is 0.287. The van der Waals surface area contributed by atoms with Gasteiger partial charge in [0.2, 0.25) is 5.04 Å². The number of esters is 1. The molecular formula is C17H22N2O7S. The first-order valence-electron chi connectivity index (χ1n) is 7.67. The highest BCUT2D eigenvalue weighted by molar-refractivity contribution is 8.07. The fraction of sp³-hybridized carbons (Fsp3) is 0.353. The third-order valence-corrected chi connectivity index (χ3v) is 4.22. The summed E-state index contributed by atoms with van der Waals surface area (Å²) >= 11 is 0. The number of rotatable bonds is 8. The maximum Gasteiger partial charge on any atom is 0.334 e. The Kier molecular flexibility index (Phi) is 8.46. The molecule has 0 aromatic heterocycles. The second kappa shape index (κ2) is 10.3. The van der Waals surface area contributed by atoms with Crippen LogP contribution in [0.25, 0.3) is 5.76 Å². The van der Waals surface area contributed by atoms with Gasteiger partial charge >= 0.3 is 5.97 Å². The number of oxime groups is 2. The highest BCUT2D eigenvalue weighted by Gasteiger charge is 2.17. The Balaban J connectivity index is 3.11. The molecule has 0 saturated carbocycles. The maximum absolute atomic E-state index is 11.6. The van der Waals surface area contributed by atoms with Gasteiger partial charge in [0.15, 0.2) is 15.9 Å². The quantitative estimate of drug-likeness (QED) is 0.164. The summed E-state index contributed by atoms with van der Waals surface area (Å²) in [6.07, 6.45) is 2.54. The van der Waals surface area contributed by atoms with Crippen molar-refractivity contribution in [3.63, 3.8) is 0 Å². The Labute approximate surface area is 158 Å². The fourth-order valence-electron chi connectivity index (χ4n) is 1.99. The molecule has 0 radical (unpaired) electrons. The number of benzene rings is 1. The van der Waals surface area contributed by atoms with E-state index in [0.29, 0.717) is 11.1 Å². The number of methoxy groups -OCH3 is 2. The molecule has 0 spiro atoms. The van der Waals surface area contributed by atoms with Crippen LogP contribution in [0.3, 0.4) is 0 Å². The Bertz CT molecular complexity index is 845. The molecule has 0 amide bonds. The molecule has 27 heavy (non-hydrogen) atoms. The molecular weight excluding hydrogens is 376 g/mol. The van der Waals surface area contributed by atoms with Crippen LogP contribution in [0.2, 0.25) is 0 Å². The molecule has 0 aliphatic heterocycles. The summed E-state index contributed by atoms with van der Waals surface area (Å²) in [5, 5.41) is 6.67. The molecule has 1 aromatic rings. The van der Waals surface area contributed by atoms with Crippen molar-refractivity contribution in [3.05, 3.63) is 41.5 Å². The van der Waals surface area contributed by atoms with Crippen LogP contribution in [0.15, 0.2) is 40.7 Å². The summed E-state index contributed by atoms with van der Waals surface area (Å²) in [5.74, 6) is -0.281. The lowest BCUT2D eigenvalue weighted by atomic mass is 10.0. The van der Waals surface area contributed by atoms with E-state index in [-0.39, 0.29) is 10.8 Å². The van der Waals surface area contributed by atoms with Gasteiger partial charge < -0.3 is 19.1 Å². The van der Waals surface area contributed by atoms with E-state index in [1.54, 1.807) is 31.2 Å². The van der Waals surface area contributed by atoms with Crippen molar-refractivity contribution < 1.29 is 32.4 Å². The highest BCUT2D eigenvalue weighted by atomic mass is 32.2. The number of hydrogen-bond donors (Lipinski definition) is 0. The van der Waals surface area contributed by atoms with E-state index in [1.807, 2.05) is 0 Å². The van der Waals surface area contributed by atoms with Crippen LogP contribution in [0.1, 0.15) is 24.2 Å². The topological polar surface area (TPSA) is 113 Å². The van der Waals surface area contributed by atoms with Gasteiger partial charge in [-0.25, -0.2) is 13.2 Å². The summed E-state index contributed by atoms with van der Waals surface area (Å²) in [7, 11) is 0.293. The molecule has 148 valence electrons. The molecule has 0 N–H and O–H groups in total. The highest BCUT2D eigenvalue weighted by Crippen LogP contribution is 2.27. The van der Waals surface area contributed by atoms with Crippen molar-refractivity contribution in [2.45, 2.75) is 13.0 Å². The second-order valence-corrected chi connectivity index (χ2v) is 7.15. The average molecular weight is 398 g/mol. The summed E-state index contributed by atoms with van der Waals surface area (Å²) in [5.41, 5.74) is 1.26. The summed E-state index contributed by atoms with van der Waals surface area (Å²) < 4.78 is 33.0. The van der Waals surface area contributed by atoms with Gasteiger partial charge in [-0.3, -0.25) is 0 Å². The summed E-state index contributed by atoms with van der Waals surface area (Å²) in [6.45, 7) is 1.70. The van der Waals surface area contributed by atoms with Crippen molar-refractivity contribution in [2.75, 3.05) is 27.6 Å². The predicted molar refractivity (Wildman–Crippen MR) is 101 cm³/mol. The minimum atomic E-state index is -3.62. The Morgan fingerprint density at radius 1 is 1.15 bits per heavy atom. The van der Waals surface area contributed by atoms with Crippen LogP contribution < -0.4 is 0 Å². The first-order chi connectivity index (χ1) is 12.7. The zero-order valence-electron chi connectivity index (χ0n) is 15.7.